The Morgan fingerprint density at radius 1 is 0.318 bits per heavy atom. The second kappa shape index (κ2) is 53.9. The van der Waals surface area contributed by atoms with Gasteiger partial charge in [0.1, 0.15) is 13.2 Å². The van der Waals surface area contributed by atoms with Crippen LogP contribution in [0.5, 0.6) is 0 Å². The van der Waals surface area contributed by atoms with E-state index in [1.807, 2.05) is 0 Å². The summed E-state index contributed by atoms with van der Waals surface area (Å²) < 4.78 is 16.6. The van der Waals surface area contributed by atoms with Crippen molar-refractivity contribution >= 4 is 17.9 Å². The molecule has 0 radical (unpaired) electrons. The molecule has 0 aromatic carbocycles. The van der Waals surface area contributed by atoms with E-state index in [0.29, 0.717) is 19.3 Å². The third-order valence-electron chi connectivity index (χ3n) is 11.4. The van der Waals surface area contributed by atoms with Crippen LogP contribution in [0.15, 0.2) is 97.2 Å². The number of hydrogen-bond donors (Lipinski definition) is 0. The van der Waals surface area contributed by atoms with Gasteiger partial charge in [-0.1, -0.05) is 240 Å². The molecule has 0 spiro atoms. The summed E-state index contributed by atoms with van der Waals surface area (Å²) in [6.45, 7) is 6.40. The molecule has 0 bridgehead atoms. The Bertz CT molecular complexity index is 1330. The van der Waals surface area contributed by atoms with Gasteiger partial charge in [0.25, 0.3) is 0 Å². The fraction of sp³-hybridized carbons (Fsp3) is 0.683. The molecule has 0 aromatic heterocycles. The summed E-state index contributed by atoms with van der Waals surface area (Å²) in [5, 5.41) is 0. The molecule has 0 aliphatic heterocycles. The molecule has 66 heavy (non-hydrogen) atoms. The standard InChI is InChI=1S/C60H100O6/c1-4-7-10-13-16-17-18-19-20-21-22-23-24-25-26-27-28-29-30-31-32-33-34-35-36-37-38-39-40-41-42-43-45-47-50-53-59(62)65-56-57(55-64-58(61)52-49-46-15-12-9-6-3)66-60(63)54-51-48-44-14-11-8-5-2/h7,10,16-17,19-20,22-23,25-26,28-29,31-32,34-35,57H,4-6,8-9,11-15,18,21,24,27,30,33,36-56H2,1-3H3/b10-7-,17-16-,20-19-,23-22-,26-25-,29-28-,32-31-,35-34-. The van der Waals surface area contributed by atoms with Gasteiger partial charge in [-0.2, -0.15) is 0 Å². The fourth-order valence-electron chi connectivity index (χ4n) is 7.28. The van der Waals surface area contributed by atoms with Crippen molar-refractivity contribution in [3.63, 3.8) is 0 Å². The maximum Gasteiger partial charge on any atom is 0.306 e. The number of ether oxygens (including phenoxy) is 3. The molecule has 1 unspecified atom stereocenters. The Labute approximate surface area is 407 Å². The largest absolute Gasteiger partial charge is 0.462 e. The van der Waals surface area contributed by atoms with Crippen LogP contribution in [0.2, 0.25) is 0 Å². The molecule has 0 saturated heterocycles. The van der Waals surface area contributed by atoms with Crippen LogP contribution in [0.3, 0.4) is 0 Å². The first kappa shape index (κ1) is 62.3. The summed E-state index contributed by atoms with van der Waals surface area (Å²) in [4.78, 5) is 37.5. The van der Waals surface area contributed by atoms with Gasteiger partial charge in [0.15, 0.2) is 6.10 Å². The van der Waals surface area contributed by atoms with Gasteiger partial charge in [-0.25, -0.2) is 0 Å². The van der Waals surface area contributed by atoms with Gasteiger partial charge in [0.05, 0.1) is 0 Å². The molecule has 0 saturated carbocycles. The average molecular weight is 917 g/mol. The lowest BCUT2D eigenvalue weighted by molar-refractivity contribution is -0.167. The Balaban J connectivity index is 3.94. The van der Waals surface area contributed by atoms with E-state index >= 15 is 0 Å². The van der Waals surface area contributed by atoms with Gasteiger partial charge in [-0.05, 0) is 83.5 Å². The zero-order valence-corrected chi connectivity index (χ0v) is 42.9. The maximum absolute atomic E-state index is 12.6. The molecule has 0 amide bonds. The third kappa shape index (κ3) is 51.3. The number of carbonyl (C=O) groups is 3. The van der Waals surface area contributed by atoms with Crippen LogP contribution in [-0.4, -0.2) is 37.2 Å². The summed E-state index contributed by atoms with van der Waals surface area (Å²) in [7, 11) is 0. The zero-order valence-electron chi connectivity index (χ0n) is 42.9. The number of carbonyl (C=O) groups excluding carboxylic acids is 3. The lowest BCUT2D eigenvalue weighted by Gasteiger charge is -2.18. The minimum absolute atomic E-state index is 0.0765. The summed E-state index contributed by atoms with van der Waals surface area (Å²) in [5.41, 5.74) is 0. The lowest BCUT2D eigenvalue weighted by Crippen LogP contribution is -2.30. The first-order chi connectivity index (χ1) is 32.5. The molecule has 0 aliphatic rings. The Morgan fingerprint density at radius 3 is 0.924 bits per heavy atom. The number of allylic oxidation sites excluding steroid dienone is 16. The molecule has 0 N–H and O–H groups in total. The first-order valence-corrected chi connectivity index (χ1v) is 27.2. The van der Waals surface area contributed by atoms with Crippen LogP contribution in [0.4, 0.5) is 0 Å². The smallest absolute Gasteiger partial charge is 0.306 e. The zero-order chi connectivity index (χ0) is 47.9. The molecule has 0 rings (SSSR count). The quantitative estimate of drug-likeness (QED) is 0.0262. The summed E-state index contributed by atoms with van der Waals surface area (Å²) in [5.74, 6) is -0.900. The number of esters is 3. The molecule has 6 nitrogen and oxygen atoms in total. The fourth-order valence-corrected chi connectivity index (χ4v) is 7.28. The van der Waals surface area contributed by atoms with Gasteiger partial charge in [0.2, 0.25) is 0 Å². The predicted octanol–water partition coefficient (Wildman–Crippen LogP) is 18.1. The SMILES string of the molecule is CC/C=C\C/C=C\C/C=C\C/C=C\C/C=C\C/C=C\C/C=C\C/C=C\CCCCCCCCCCCCC(=O)OCC(COC(=O)CCCCCCCC)OC(=O)CCCCCCCCC. The molecule has 0 aliphatic carbocycles. The molecule has 0 heterocycles. The normalized spacial score (nSPS) is 12.8. The van der Waals surface area contributed by atoms with Gasteiger partial charge in [0, 0.05) is 19.3 Å². The third-order valence-corrected chi connectivity index (χ3v) is 11.4. The highest BCUT2D eigenvalue weighted by molar-refractivity contribution is 5.71. The van der Waals surface area contributed by atoms with Gasteiger partial charge in [-0.15, -0.1) is 0 Å². The van der Waals surface area contributed by atoms with Crippen molar-refractivity contribution in [2.45, 2.75) is 252 Å². The van der Waals surface area contributed by atoms with E-state index in [4.69, 9.17) is 14.2 Å². The van der Waals surface area contributed by atoms with E-state index in [1.165, 1.54) is 96.3 Å². The highest BCUT2D eigenvalue weighted by Gasteiger charge is 2.19. The summed E-state index contributed by atoms with van der Waals surface area (Å²) in [6, 6.07) is 0. The predicted molar refractivity (Wildman–Crippen MR) is 284 cm³/mol. The molecule has 0 aromatic rings. The summed E-state index contributed by atoms with van der Waals surface area (Å²) in [6.07, 6.45) is 71.7. The average Bonchev–Trinajstić information content (AvgIpc) is 3.31. The van der Waals surface area contributed by atoms with Crippen LogP contribution in [0, 0.1) is 0 Å². The monoisotopic (exact) mass is 917 g/mol. The van der Waals surface area contributed by atoms with E-state index in [9.17, 15) is 14.4 Å². The Morgan fingerprint density at radius 2 is 0.591 bits per heavy atom. The van der Waals surface area contributed by atoms with Crippen LogP contribution < -0.4 is 0 Å². The van der Waals surface area contributed by atoms with Crippen molar-refractivity contribution < 1.29 is 28.6 Å². The Hall–Kier alpha value is -3.67. The van der Waals surface area contributed by atoms with Crippen LogP contribution >= 0.6 is 0 Å². The van der Waals surface area contributed by atoms with Gasteiger partial charge < -0.3 is 14.2 Å². The number of hydrogen-bond acceptors (Lipinski definition) is 6. The maximum atomic E-state index is 12.6. The van der Waals surface area contributed by atoms with Crippen molar-refractivity contribution in [2.24, 2.45) is 0 Å². The molecular weight excluding hydrogens is 817 g/mol. The molecule has 6 heteroatoms. The molecule has 1 atom stereocenters. The van der Waals surface area contributed by atoms with Crippen molar-refractivity contribution in [3.8, 4) is 0 Å². The lowest BCUT2D eigenvalue weighted by atomic mass is 10.1. The second-order valence-corrected chi connectivity index (χ2v) is 17.8. The minimum atomic E-state index is -0.769. The topological polar surface area (TPSA) is 78.9 Å². The van der Waals surface area contributed by atoms with E-state index in [0.717, 1.165) is 109 Å². The van der Waals surface area contributed by atoms with Crippen LogP contribution in [0.1, 0.15) is 245 Å². The van der Waals surface area contributed by atoms with Crippen molar-refractivity contribution in [1.29, 1.82) is 0 Å². The highest BCUT2D eigenvalue weighted by atomic mass is 16.6. The van der Waals surface area contributed by atoms with E-state index < -0.39 is 6.10 Å². The van der Waals surface area contributed by atoms with E-state index in [1.54, 1.807) is 0 Å². The number of unbranched alkanes of at least 4 members (excludes halogenated alkanes) is 21. The second-order valence-electron chi connectivity index (χ2n) is 17.8. The van der Waals surface area contributed by atoms with Gasteiger partial charge in [-0.3, -0.25) is 14.4 Å². The minimum Gasteiger partial charge on any atom is -0.462 e. The highest BCUT2D eigenvalue weighted by Crippen LogP contribution is 2.14. The Kier molecular flexibility index (Phi) is 50.9. The van der Waals surface area contributed by atoms with E-state index in [-0.39, 0.29) is 31.1 Å². The van der Waals surface area contributed by atoms with Crippen LogP contribution in [-0.2, 0) is 28.6 Å². The van der Waals surface area contributed by atoms with Crippen molar-refractivity contribution in [3.05, 3.63) is 97.2 Å². The molecular formula is C60H100O6. The van der Waals surface area contributed by atoms with Gasteiger partial charge >= 0.3 is 17.9 Å². The first-order valence-electron chi connectivity index (χ1n) is 27.2. The van der Waals surface area contributed by atoms with E-state index in [2.05, 4.69) is 118 Å². The van der Waals surface area contributed by atoms with Crippen molar-refractivity contribution in [2.75, 3.05) is 13.2 Å². The molecule has 376 valence electrons. The number of rotatable bonds is 48. The summed E-state index contributed by atoms with van der Waals surface area (Å²) >= 11 is 0. The van der Waals surface area contributed by atoms with Crippen molar-refractivity contribution in [1.82, 2.24) is 0 Å². The van der Waals surface area contributed by atoms with Crippen LogP contribution in [0.25, 0.3) is 0 Å². The molecule has 0 fully saturated rings.